The average Bonchev–Trinajstić information content (AvgIpc) is 2.34. The van der Waals surface area contributed by atoms with Crippen molar-refractivity contribution in [3.8, 4) is 0 Å². The molecule has 0 spiro atoms. The van der Waals surface area contributed by atoms with Crippen LogP contribution in [0.2, 0.25) is 4.82 Å². The molecule has 2 heteroatoms. The van der Waals surface area contributed by atoms with E-state index in [9.17, 15) is 5.11 Å². The summed E-state index contributed by atoms with van der Waals surface area (Å²) in [6, 6.07) is 10.4. The van der Waals surface area contributed by atoms with Crippen molar-refractivity contribution in [1.29, 1.82) is 0 Å². The molecule has 1 aromatic carbocycles. The van der Waals surface area contributed by atoms with Gasteiger partial charge in [0.05, 0.1) is 0 Å². The maximum atomic E-state index is 10.0. The fourth-order valence-corrected chi connectivity index (χ4v) is 3.65. The van der Waals surface area contributed by atoms with Crippen LogP contribution >= 0.6 is 0 Å². The van der Waals surface area contributed by atoms with Crippen molar-refractivity contribution in [3.63, 3.8) is 0 Å². The van der Waals surface area contributed by atoms with Crippen molar-refractivity contribution in [2.75, 3.05) is 0 Å². The molecule has 1 N–H and O–H groups in total. The van der Waals surface area contributed by atoms with Gasteiger partial charge in [0.25, 0.3) is 0 Å². The van der Waals surface area contributed by atoms with E-state index in [1.165, 1.54) is 4.46 Å². The number of hydrogen-bond donors (Lipinski definition) is 1. The second-order valence-corrected chi connectivity index (χ2v) is 6.47. The fourth-order valence-electron chi connectivity index (χ4n) is 1.52. The van der Waals surface area contributed by atoms with Crippen LogP contribution in [0.1, 0.15) is 26.2 Å². The van der Waals surface area contributed by atoms with Crippen LogP contribution in [0, 0.1) is 0 Å². The third-order valence-corrected chi connectivity index (χ3v) is 5.26. The second kappa shape index (κ2) is 7.67. The number of benzene rings is 1. The SMILES string of the molecule is C=CC([Se]c1ccccc1)C(O)CCCC. The molecule has 0 aliphatic heterocycles. The molecule has 0 saturated heterocycles. The molecule has 0 bridgehead atoms. The Balaban J connectivity index is 2.51. The van der Waals surface area contributed by atoms with Crippen LogP contribution < -0.4 is 4.46 Å². The van der Waals surface area contributed by atoms with Gasteiger partial charge in [-0.05, 0) is 0 Å². The number of aliphatic hydroxyl groups is 1. The number of aliphatic hydroxyl groups excluding tert-OH is 1. The molecule has 0 saturated carbocycles. The van der Waals surface area contributed by atoms with E-state index in [-0.39, 0.29) is 25.9 Å². The van der Waals surface area contributed by atoms with E-state index in [2.05, 4.69) is 37.8 Å². The zero-order chi connectivity index (χ0) is 11.8. The summed E-state index contributed by atoms with van der Waals surface area (Å²) >= 11 is 0.288. The Morgan fingerprint density at radius 1 is 1.38 bits per heavy atom. The van der Waals surface area contributed by atoms with Crippen molar-refractivity contribution < 1.29 is 5.11 Å². The second-order valence-electron chi connectivity index (χ2n) is 3.84. The van der Waals surface area contributed by atoms with Gasteiger partial charge in [0.2, 0.25) is 0 Å². The Hall–Kier alpha value is -0.561. The zero-order valence-electron chi connectivity index (χ0n) is 9.80. The summed E-state index contributed by atoms with van der Waals surface area (Å²) in [4.78, 5) is 0.237. The first-order chi connectivity index (χ1) is 7.77. The Kier molecular flexibility index (Phi) is 6.47. The molecule has 0 aromatic heterocycles. The first-order valence-corrected chi connectivity index (χ1v) is 7.64. The summed E-state index contributed by atoms with van der Waals surface area (Å²) in [7, 11) is 0. The minimum absolute atomic E-state index is 0.224. The summed E-state index contributed by atoms with van der Waals surface area (Å²) in [5.41, 5.74) is 0. The molecule has 1 rings (SSSR count). The van der Waals surface area contributed by atoms with Crippen molar-refractivity contribution in [3.05, 3.63) is 43.0 Å². The van der Waals surface area contributed by atoms with E-state index >= 15 is 0 Å². The molecular formula is C14H20OSe. The van der Waals surface area contributed by atoms with E-state index in [0.29, 0.717) is 0 Å². The Morgan fingerprint density at radius 3 is 2.62 bits per heavy atom. The van der Waals surface area contributed by atoms with Crippen LogP contribution in [0.5, 0.6) is 0 Å². The van der Waals surface area contributed by atoms with Crippen LogP contribution in [0.4, 0.5) is 0 Å². The summed E-state index contributed by atoms with van der Waals surface area (Å²) in [5.74, 6) is 0. The van der Waals surface area contributed by atoms with Gasteiger partial charge in [-0.25, -0.2) is 0 Å². The molecule has 0 heterocycles. The van der Waals surface area contributed by atoms with E-state index in [1.54, 1.807) is 0 Å². The average molecular weight is 283 g/mol. The molecule has 88 valence electrons. The van der Waals surface area contributed by atoms with Gasteiger partial charge >= 0.3 is 105 Å². The minimum atomic E-state index is -0.224. The summed E-state index contributed by atoms with van der Waals surface area (Å²) in [5, 5.41) is 10.0. The molecule has 0 radical (unpaired) electrons. The summed E-state index contributed by atoms with van der Waals surface area (Å²) in [6.45, 7) is 5.99. The molecule has 1 aromatic rings. The molecule has 0 fully saturated rings. The van der Waals surface area contributed by atoms with Gasteiger partial charge in [-0.2, -0.15) is 0 Å². The normalized spacial score (nSPS) is 14.4. The monoisotopic (exact) mass is 284 g/mol. The van der Waals surface area contributed by atoms with Crippen molar-refractivity contribution in [2.24, 2.45) is 0 Å². The molecule has 1 nitrogen and oxygen atoms in total. The predicted octanol–water partition coefficient (Wildman–Crippen LogP) is 2.54. The van der Waals surface area contributed by atoms with Gasteiger partial charge in [-0.1, -0.05) is 0 Å². The predicted molar refractivity (Wildman–Crippen MR) is 71.3 cm³/mol. The molecular weight excluding hydrogens is 263 g/mol. The fraction of sp³-hybridized carbons (Fsp3) is 0.429. The third kappa shape index (κ3) is 4.52. The van der Waals surface area contributed by atoms with Gasteiger partial charge in [0, 0.05) is 0 Å². The van der Waals surface area contributed by atoms with Crippen molar-refractivity contribution in [1.82, 2.24) is 0 Å². The molecule has 2 unspecified atom stereocenters. The van der Waals surface area contributed by atoms with Crippen molar-refractivity contribution in [2.45, 2.75) is 37.1 Å². The molecule has 0 amide bonds. The number of unbranched alkanes of at least 4 members (excludes halogenated alkanes) is 1. The Bertz CT molecular complexity index is 297. The van der Waals surface area contributed by atoms with Crippen LogP contribution in [-0.2, 0) is 0 Å². The van der Waals surface area contributed by atoms with E-state index in [0.717, 1.165) is 19.3 Å². The van der Waals surface area contributed by atoms with E-state index < -0.39 is 0 Å². The van der Waals surface area contributed by atoms with E-state index in [1.807, 2.05) is 12.1 Å². The molecule has 2 atom stereocenters. The first-order valence-electron chi connectivity index (χ1n) is 5.80. The van der Waals surface area contributed by atoms with E-state index in [4.69, 9.17) is 0 Å². The van der Waals surface area contributed by atoms with Crippen LogP contribution in [0.3, 0.4) is 0 Å². The Morgan fingerprint density at radius 2 is 2.06 bits per heavy atom. The standard InChI is InChI=1S/C14H20OSe/c1-3-5-11-13(15)14(4-2)16-12-9-7-6-8-10-12/h4,6-10,13-15H,2-3,5,11H2,1H3. The third-order valence-electron chi connectivity index (χ3n) is 2.48. The Labute approximate surface area is 105 Å². The first kappa shape index (κ1) is 13.5. The molecule has 16 heavy (non-hydrogen) atoms. The van der Waals surface area contributed by atoms with Gasteiger partial charge in [-0.15, -0.1) is 0 Å². The van der Waals surface area contributed by atoms with Gasteiger partial charge < -0.3 is 0 Å². The van der Waals surface area contributed by atoms with Gasteiger partial charge in [-0.3, -0.25) is 0 Å². The summed E-state index contributed by atoms with van der Waals surface area (Å²) in [6.07, 6.45) is 4.81. The molecule has 0 aliphatic rings. The molecule has 0 aliphatic carbocycles. The number of rotatable bonds is 7. The van der Waals surface area contributed by atoms with Crippen LogP contribution in [-0.4, -0.2) is 26.2 Å². The zero-order valence-corrected chi connectivity index (χ0v) is 11.5. The van der Waals surface area contributed by atoms with Gasteiger partial charge in [0.1, 0.15) is 0 Å². The summed E-state index contributed by atoms with van der Waals surface area (Å²) < 4.78 is 1.33. The maximum absolute atomic E-state index is 10.0. The quantitative estimate of drug-likeness (QED) is 0.602. The van der Waals surface area contributed by atoms with Crippen molar-refractivity contribution >= 4 is 19.4 Å². The van der Waals surface area contributed by atoms with Gasteiger partial charge in [0.15, 0.2) is 0 Å². The topological polar surface area (TPSA) is 20.2 Å². The number of hydrogen-bond acceptors (Lipinski definition) is 1. The van der Waals surface area contributed by atoms with Crippen LogP contribution in [0.15, 0.2) is 43.0 Å². The van der Waals surface area contributed by atoms with Crippen LogP contribution in [0.25, 0.3) is 0 Å².